The number of carbonyl (C=O) groups is 1. The van der Waals surface area contributed by atoms with Gasteiger partial charge in [0.2, 0.25) is 0 Å². The highest BCUT2D eigenvalue weighted by atomic mass is 16.5. The van der Waals surface area contributed by atoms with E-state index in [2.05, 4.69) is 10.3 Å². The molecule has 0 aliphatic carbocycles. The number of hydrogen-bond donors (Lipinski definition) is 3. The number of imidazole rings is 1. The van der Waals surface area contributed by atoms with Gasteiger partial charge in [-0.25, -0.2) is 9.78 Å². The van der Waals surface area contributed by atoms with Gasteiger partial charge >= 0.3 is 6.09 Å². The fourth-order valence-electron chi connectivity index (χ4n) is 1.29. The van der Waals surface area contributed by atoms with Crippen LogP contribution < -0.4 is 5.32 Å². The van der Waals surface area contributed by atoms with Gasteiger partial charge in [0, 0.05) is 6.54 Å². The molecule has 0 radical (unpaired) electrons. The van der Waals surface area contributed by atoms with Crippen molar-refractivity contribution in [1.29, 1.82) is 10.7 Å². The molecule has 0 bridgehead atoms. The summed E-state index contributed by atoms with van der Waals surface area (Å²) in [5.74, 6) is 0.161. The largest absolute Gasteiger partial charge is 0.450 e. The minimum atomic E-state index is -0.704. The summed E-state index contributed by atoms with van der Waals surface area (Å²) in [5, 5.41) is 27.4. The van der Waals surface area contributed by atoms with E-state index in [1.54, 1.807) is 13.0 Å². The number of aliphatic hydroxyl groups is 1. The predicted octanol–water partition coefficient (Wildman–Crippen LogP) is 0.335. The molecular formula is C10H13N5O3. The van der Waals surface area contributed by atoms with Crippen LogP contribution in [-0.4, -0.2) is 39.7 Å². The van der Waals surface area contributed by atoms with Crippen molar-refractivity contribution in [3.05, 3.63) is 12.0 Å². The molecule has 8 heteroatoms. The molecule has 3 N–H and O–H groups in total. The highest BCUT2D eigenvalue weighted by molar-refractivity contribution is 6.12. The van der Waals surface area contributed by atoms with Crippen LogP contribution in [0, 0.1) is 16.7 Å². The number of hydrogen-bond acceptors (Lipinski definition) is 6. The fraction of sp³-hybridized carbons (Fsp3) is 0.400. The lowest BCUT2D eigenvalue weighted by Crippen LogP contribution is -2.18. The first-order chi connectivity index (χ1) is 8.63. The number of ether oxygens (including phenoxy) is 1. The lowest BCUT2D eigenvalue weighted by Gasteiger charge is -2.09. The second kappa shape index (κ2) is 6.36. The average Bonchev–Trinajstić information content (AvgIpc) is 2.72. The fourth-order valence-corrected chi connectivity index (χ4v) is 1.29. The summed E-state index contributed by atoms with van der Waals surface area (Å²) < 4.78 is 6.14. The Balaban J connectivity index is 3.03. The van der Waals surface area contributed by atoms with Gasteiger partial charge in [0.1, 0.15) is 17.6 Å². The van der Waals surface area contributed by atoms with E-state index < -0.39 is 6.09 Å². The van der Waals surface area contributed by atoms with Crippen LogP contribution in [0.3, 0.4) is 0 Å². The molecule has 0 aliphatic rings. The van der Waals surface area contributed by atoms with Crippen molar-refractivity contribution in [2.24, 2.45) is 0 Å². The highest BCUT2D eigenvalue weighted by Gasteiger charge is 2.17. The minimum Gasteiger partial charge on any atom is -0.450 e. The Hall–Kier alpha value is -2.40. The van der Waals surface area contributed by atoms with Crippen LogP contribution in [0.4, 0.5) is 10.6 Å². The zero-order valence-corrected chi connectivity index (χ0v) is 9.80. The number of carbonyl (C=O) groups excluding carboxylic acids is 1. The summed E-state index contributed by atoms with van der Waals surface area (Å²) in [6, 6.07) is 1.64. The molecule has 0 fully saturated rings. The maximum absolute atomic E-state index is 11.3. The lowest BCUT2D eigenvalue weighted by atomic mass is 10.3. The van der Waals surface area contributed by atoms with Crippen LogP contribution in [0.2, 0.25) is 0 Å². The molecule has 96 valence electrons. The van der Waals surface area contributed by atoms with Crippen molar-refractivity contribution in [2.75, 3.05) is 18.5 Å². The van der Waals surface area contributed by atoms with Gasteiger partial charge in [-0.15, -0.1) is 0 Å². The molecule has 8 nitrogen and oxygen atoms in total. The first-order valence-electron chi connectivity index (χ1n) is 5.22. The number of aromatic nitrogens is 2. The molecule has 0 unspecified atom stereocenters. The summed E-state index contributed by atoms with van der Waals surface area (Å²) in [4.78, 5) is 15.2. The smallest absolute Gasteiger partial charge is 0.412 e. The van der Waals surface area contributed by atoms with Crippen molar-refractivity contribution in [2.45, 2.75) is 13.5 Å². The van der Waals surface area contributed by atoms with E-state index in [-0.39, 0.29) is 37.0 Å². The second-order valence-electron chi connectivity index (χ2n) is 3.19. The van der Waals surface area contributed by atoms with Crippen LogP contribution in [0.15, 0.2) is 6.33 Å². The quantitative estimate of drug-likeness (QED) is 0.650. The van der Waals surface area contributed by atoms with Gasteiger partial charge in [-0.1, -0.05) is 0 Å². The number of nitriles is 1. The summed E-state index contributed by atoms with van der Waals surface area (Å²) >= 11 is 0. The van der Waals surface area contributed by atoms with Crippen molar-refractivity contribution in [1.82, 2.24) is 9.55 Å². The zero-order valence-electron chi connectivity index (χ0n) is 9.80. The Bertz CT molecular complexity index is 488. The third-order valence-corrected chi connectivity index (χ3v) is 2.02. The summed E-state index contributed by atoms with van der Waals surface area (Å²) in [7, 11) is 0. The van der Waals surface area contributed by atoms with Gasteiger partial charge in [0.15, 0.2) is 5.71 Å². The summed E-state index contributed by atoms with van der Waals surface area (Å²) in [5.41, 5.74) is -0.336. The Labute approximate surface area is 103 Å². The monoisotopic (exact) mass is 251 g/mol. The van der Waals surface area contributed by atoms with Gasteiger partial charge in [0.05, 0.1) is 19.5 Å². The van der Waals surface area contributed by atoms with E-state index in [0.29, 0.717) is 0 Å². The highest BCUT2D eigenvalue weighted by Crippen LogP contribution is 2.15. The number of amides is 1. The zero-order chi connectivity index (χ0) is 13.5. The van der Waals surface area contributed by atoms with Crippen molar-refractivity contribution in [3.8, 4) is 6.07 Å². The molecule has 18 heavy (non-hydrogen) atoms. The van der Waals surface area contributed by atoms with Crippen molar-refractivity contribution >= 4 is 17.6 Å². The molecule has 1 aromatic rings. The van der Waals surface area contributed by atoms with Gasteiger partial charge in [-0.05, 0) is 6.92 Å². The minimum absolute atomic E-state index is 0.0407. The summed E-state index contributed by atoms with van der Waals surface area (Å²) in [6.45, 7) is 1.88. The van der Waals surface area contributed by atoms with E-state index in [4.69, 9.17) is 20.5 Å². The Kier molecular flexibility index (Phi) is 4.83. The van der Waals surface area contributed by atoms with Crippen LogP contribution in [-0.2, 0) is 11.3 Å². The Morgan fingerprint density at radius 2 is 2.50 bits per heavy atom. The number of nitrogens with zero attached hydrogens (tertiary/aromatic N) is 3. The topological polar surface area (TPSA) is 124 Å². The maximum atomic E-state index is 11.3. The van der Waals surface area contributed by atoms with E-state index >= 15 is 0 Å². The van der Waals surface area contributed by atoms with E-state index in [1.165, 1.54) is 10.9 Å². The molecule has 0 spiro atoms. The first kappa shape index (κ1) is 13.7. The van der Waals surface area contributed by atoms with Crippen molar-refractivity contribution in [3.63, 3.8) is 0 Å². The van der Waals surface area contributed by atoms with Gasteiger partial charge in [0.25, 0.3) is 0 Å². The lowest BCUT2D eigenvalue weighted by molar-refractivity contribution is 0.167. The molecular weight excluding hydrogens is 238 g/mol. The summed E-state index contributed by atoms with van der Waals surface area (Å²) in [6.07, 6.45) is 0.628. The van der Waals surface area contributed by atoms with Crippen LogP contribution in [0.1, 0.15) is 12.6 Å². The standard InChI is InChI=1S/C10H13N5O3/c1-2-18-10(17)14-9-8(7(12)5-11)13-6-15(9)3-4-16/h6,12,16H,2-4H2,1H3,(H,14,17). The normalized spacial score (nSPS) is 9.61. The SMILES string of the molecule is CCOC(=O)Nc1c(C(=N)C#N)ncn1CCO. The van der Waals surface area contributed by atoms with Crippen molar-refractivity contribution < 1.29 is 14.6 Å². The first-order valence-corrected chi connectivity index (χ1v) is 5.22. The van der Waals surface area contributed by atoms with Gasteiger partial charge < -0.3 is 14.4 Å². The molecule has 0 saturated heterocycles. The third kappa shape index (κ3) is 3.05. The van der Waals surface area contributed by atoms with Crippen LogP contribution in [0.25, 0.3) is 0 Å². The predicted molar refractivity (Wildman–Crippen MR) is 62.4 cm³/mol. The molecule has 1 aromatic heterocycles. The van der Waals surface area contributed by atoms with Gasteiger partial charge in [-0.2, -0.15) is 5.26 Å². The number of rotatable bonds is 5. The number of anilines is 1. The second-order valence-corrected chi connectivity index (χ2v) is 3.19. The number of nitrogens with one attached hydrogen (secondary N) is 2. The van der Waals surface area contributed by atoms with Crippen LogP contribution >= 0.6 is 0 Å². The Morgan fingerprint density at radius 1 is 1.78 bits per heavy atom. The molecule has 0 atom stereocenters. The third-order valence-electron chi connectivity index (χ3n) is 2.02. The molecule has 1 amide bonds. The van der Waals surface area contributed by atoms with Crippen LogP contribution in [0.5, 0.6) is 0 Å². The molecule has 1 rings (SSSR count). The van der Waals surface area contributed by atoms with E-state index in [0.717, 1.165) is 0 Å². The van der Waals surface area contributed by atoms with Gasteiger partial charge in [-0.3, -0.25) is 10.7 Å². The molecule has 0 saturated carbocycles. The Morgan fingerprint density at radius 3 is 3.06 bits per heavy atom. The maximum Gasteiger partial charge on any atom is 0.412 e. The molecule has 0 aromatic carbocycles. The van der Waals surface area contributed by atoms with E-state index in [1.807, 2.05) is 0 Å². The van der Waals surface area contributed by atoms with E-state index in [9.17, 15) is 4.79 Å². The number of aliphatic hydroxyl groups excluding tert-OH is 1. The molecule has 1 heterocycles. The average molecular weight is 251 g/mol. The molecule has 0 aliphatic heterocycles.